The van der Waals surface area contributed by atoms with E-state index in [-0.39, 0.29) is 17.2 Å². The Morgan fingerprint density at radius 1 is 0.900 bits per heavy atom. The summed E-state index contributed by atoms with van der Waals surface area (Å²) in [5.74, 6) is -0.404. The molecular weight excluding hydrogens is 376 g/mol. The Bertz CT molecular complexity index is 1360. The molecule has 0 aliphatic carbocycles. The molecule has 0 spiro atoms. The highest BCUT2D eigenvalue weighted by Crippen LogP contribution is 2.32. The van der Waals surface area contributed by atoms with Crippen LogP contribution in [0.1, 0.15) is 21.5 Å². The molecule has 0 saturated heterocycles. The van der Waals surface area contributed by atoms with Crippen LogP contribution in [0.25, 0.3) is 22.3 Å². The molecule has 5 aromatic rings. The van der Waals surface area contributed by atoms with Crippen molar-refractivity contribution in [3.63, 3.8) is 0 Å². The smallest absolute Gasteiger partial charge is 0.206 e. The van der Waals surface area contributed by atoms with E-state index in [4.69, 9.17) is 0 Å². The van der Waals surface area contributed by atoms with Gasteiger partial charge in [-0.25, -0.2) is 15.0 Å². The summed E-state index contributed by atoms with van der Waals surface area (Å²) in [4.78, 5) is 26.8. The van der Waals surface area contributed by atoms with Gasteiger partial charge >= 0.3 is 0 Å². The zero-order valence-corrected chi connectivity index (χ0v) is 16.1. The number of carbonyl (C=O) groups excluding carboxylic acids is 1. The first-order valence-corrected chi connectivity index (χ1v) is 9.70. The second-order valence-corrected chi connectivity index (χ2v) is 7.02. The summed E-state index contributed by atoms with van der Waals surface area (Å²) in [6.07, 6.45) is 2.33. The molecule has 0 aliphatic heterocycles. The largest absolute Gasteiger partial charge is 0.494 e. The average Bonchev–Trinajstić information content (AvgIpc) is 3.07. The summed E-state index contributed by atoms with van der Waals surface area (Å²) >= 11 is 0. The lowest BCUT2D eigenvalue weighted by atomic mass is 10.1. The van der Waals surface area contributed by atoms with E-state index in [2.05, 4.69) is 15.0 Å². The lowest BCUT2D eigenvalue weighted by Crippen LogP contribution is -2.04. The van der Waals surface area contributed by atoms with Crippen molar-refractivity contribution in [1.82, 2.24) is 19.5 Å². The van der Waals surface area contributed by atoms with E-state index in [1.807, 2.05) is 36.4 Å². The Hall–Kier alpha value is -4.06. The summed E-state index contributed by atoms with van der Waals surface area (Å²) in [6, 6.07) is 22.4. The molecule has 0 bridgehead atoms. The van der Waals surface area contributed by atoms with Crippen LogP contribution in [0.4, 0.5) is 0 Å². The highest BCUT2D eigenvalue weighted by Gasteiger charge is 2.26. The van der Waals surface area contributed by atoms with Gasteiger partial charge in [0.2, 0.25) is 11.7 Å². The summed E-state index contributed by atoms with van der Waals surface area (Å²) in [5, 5.41) is 11.1. The molecule has 6 nitrogen and oxygen atoms in total. The fourth-order valence-corrected chi connectivity index (χ4v) is 3.62. The van der Waals surface area contributed by atoms with Crippen LogP contribution in [-0.4, -0.2) is 30.4 Å². The highest BCUT2D eigenvalue weighted by molar-refractivity contribution is 6.17. The van der Waals surface area contributed by atoms with Crippen LogP contribution >= 0.6 is 0 Å². The van der Waals surface area contributed by atoms with Crippen LogP contribution < -0.4 is 0 Å². The summed E-state index contributed by atoms with van der Waals surface area (Å²) in [5.41, 5.74) is 3.67. The molecule has 0 unspecified atom stereocenters. The molecule has 0 radical (unpaired) electrons. The Kier molecular flexibility index (Phi) is 4.44. The maximum Gasteiger partial charge on any atom is 0.206 e. The molecule has 0 amide bonds. The molecule has 6 heteroatoms. The number of rotatable bonds is 5. The first kappa shape index (κ1) is 18.0. The number of aromatic nitrogens is 4. The number of carbonyl (C=O) groups is 1. The van der Waals surface area contributed by atoms with E-state index in [0.29, 0.717) is 40.9 Å². The summed E-state index contributed by atoms with van der Waals surface area (Å²) in [7, 11) is 0. The zero-order chi connectivity index (χ0) is 20.5. The van der Waals surface area contributed by atoms with E-state index in [1.165, 1.54) is 0 Å². The number of hydrogen-bond donors (Lipinski definition) is 1. The van der Waals surface area contributed by atoms with Crippen LogP contribution in [-0.2, 0) is 13.0 Å². The van der Waals surface area contributed by atoms with Gasteiger partial charge in [0.05, 0.1) is 0 Å². The third kappa shape index (κ3) is 3.08. The molecule has 3 heterocycles. The van der Waals surface area contributed by atoms with E-state index in [9.17, 15) is 9.90 Å². The minimum atomic E-state index is -0.283. The minimum Gasteiger partial charge on any atom is -0.494 e. The number of aryl methyl sites for hydroxylation is 2. The molecule has 146 valence electrons. The molecule has 3 aromatic heterocycles. The van der Waals surface area contributed by atoms with E-state index in [1.54, 1.807) is 47.2 Å². The van der Waals surface area contributed by atoms with Crippen molar-refractivity contribution in [1.29, 1.82) is 0 Å². The summed E-state index contributed by atoms with van der Waals surface area (Å²) in [6.45, 7) is 0.460. The lowest BCUT2D eigenvalue weighted by molar-refractivity contribution is 0.103. The Morgan fingerprint density at radius 2 is 1.63 bits per heavy atom. The number of aromatic hydroxyl groups is 1. The molecular formula is C24H18N4O2. The Morgan fingerprint density at radius 3 is 2.40 bits per heavy atom. The molecule has 0 fully saturated rings. The fourth-order valence-electron chi connectivity index (χ4n) is 3.62. The van der Waals surface area contributed by atoms with Gasteiger partial charge in [0.15, 0.2) is 11.3 Å². The van der Waals surface area contributed by atoms with Crippen LogP contribution in [0.2, 0.25) is 0 Å². The lowest BCUT2D eigenvalue weighted by Gasteiger charge is -2.07. The second kappa shape index (κ2) is 7.40. The predicted molar refractivity (Wildman–Crippen MR) is 115 cm³/mol. The van der Waals surface area contributed by atoms with Crippen molar-refractivity contribution < 1.29 is 9.90 Å². The van der Waals surface area contributed by atoms with E-state index < -0.39 is 0 Å². The van der Waals surface area contributed by atoms with Gasteiger partial charge in [-0.15, -0.1) is 0 Å². The van der Waals surface area contributed by atoms with Crippen LogP contribution in [0.5, 0.6) is 5.88 Å². The van der Waals surface area contributed by atoms with E-state index >= 15 is 0 Å². The number of nitrogens with zero attached hydrogens (tertiary/aromatic N) is 4. The van der Waals surface area contributed by atoms with Gasteiger partial charge in [-0.2, -0.15) is 0 Å². The highest BCUT2D eigenvalue weighted by atomic mass is 16.3. The summed E-state index contributed by atoms with van der Waals surface area (Å²) < 4.78 is 1.65. The van der Waals surface area contributed by atoms with Crippen molar-refractivity contribution in [3.05, 3.63) is 95.7 Å². The van der Waals surface area contributed by atoms with Gasteiger partial charge in [0, 0.05) is 18.3 Å². The molecule has 5 rings (SSSR count). The second-order valence-electron chi connectivity index (χ2n) is 7.02. The van der Waals surface area contributed by atoms with Crippen molar-refractivity contribution in [2.45, 2.75) is 13.0 Å². The number of pyridine rings is 1. The van der Waals surface area contributed by atoms with Crippen molar-refractivity contribution >= 4 is 28.1 Å². The predicted octanol–water partition coefficient (Wildman–Crippen LogP) is 4.16. The third-order valence-corrected chi connectivity index (χ3v) is 5.12. The molecule has 30 heavy (non-hydrogen) atoms. The minimum absolute atomic E-state index is 0.120. The number of hydrogen-bond acceptors (Lipinski definition) is 5. The van der Waals surface area contributed by atoms with Gasteiger partial charge < -0.3 is 5.11 Å². The normalized spacial score (nSPS) is 11.2. The fraction of sp³-hybridized carbons (Fsp3) is 0.0833. The molecule has 0 saturated carbocycles. The first-order chi connectivity index (χ1) is 14.7. The number of benzene rings is 2. The topological polar surface area (TPSA) is 80.9 Å². The monoisotopic (exact) mass is 394 g/mol. The number of fused-ring (bicyclic) bond motifs is 2. The van der Waals surface area contributed by atoms with Crippen molar-refractivity contribution in [2.24, 2.45) is 0 Å². The van der Waals surface area contributed by atoms with Gasteiger partial charge in [0.25, 0.3) is 0 Å². The van der Waals surface area contributed by atoms with Gasteiger partial charge in [-0.3, -0.25) is 9.36 Å². The zero-order valence-electron chi connectivity index (χ0n) is 16.1. The van der Waals surface area contributed by atoms with Gasteiger partial charge in [-0.05, 0) is 24.1 Å². The van der Waals surface area contributed by atoms with Crippen LogP contribution in [0.3, 0.4) is 0 Å². The molecule has 1 N–H and O–H groups in total. The van der Waals surface area contributed by atoms with Gasteiger partial charge in [-0.1, -0.05) is 60.7 Å². The van der Waals surface area contributed by atoms with Crippen LogP contribution in [0.15, 0.2) is 79.0 Å². The first-order valence-electron chi connectivity index (χ1n) is 9.70. The Labute approximate surface area is 172 Å². The average molecular weight is 394 g/mol. The maximum atomic E-state index is 13.2. The molecule has 0 atom stereocenters. The molecule has 2 aromatic carbocycles. The van der Waals surface area contributed by atoms with Crippen molar-refractivity contribution in [2.75, 3.05) is 0 Å². The molecule has 0 aliphatic rings. The standard InChI is InChI=1S/C24H18N4O2/c29-21(17-10-5-2-6-11-17)19-20-23(27-22-18(26-20)12-7-14-25-22)28(24(19)30)15-13-16-8-3-1-4-9-16/h1-12,14,30H,13,15H2. The van der Waals surface area contributed by atoms with Crippen molar-refractivity contribution in [3.8, 4) is 5.88 Å². The third-order valence-electron chi connectivity index (χ3n) is 5.12. The van der Waals surface area contributed by atoms with Gasteiger partial charge in [0.1, 0.15) is 16.6 Å². The van der Waals surface area contributed by atoms with Crippen LogP contribution in [0, 0.1) is 0 Å². The Balaban J connectivity index is 1.69. The maximum absolute atomic E-state index is 13.2. The SMILES string of the molecule is O=C(c1ccccc1)c1c(O)n(CCc2ccccc2)c2nc3ncccc3nc12. The number of ketones is 1. The quantitative estimate of drug-likeness (QED) is 0.453. The van der Waals surface area contributed by atoms with E-state index in [0.717, 1.165) is 5.56 Å².